The molecule has 0 aromatic carbocycles. The Morgan fingerprint density at radius 2 is 2.16 bits per heavy atom. The van der Waals surface area contributed by atoms with Crippen LogP contribution in [0.2, 0.25) is 0 Å². The van der Waals surface area contributed by atoms with Crippen LogP contribution < -0.4 is 10.9 Å². The molecule has 0 aliphatic heterocycles. The molecule has 0 saturated heterocycles. The lowest BCUT2D eigenvalue weighted by Crippen LogP contribution is -2.23. The molecule has 6 nitrogen and oxygen atoms in total. The van der Waals surface area contributed by atoms with E-state index >= 15 is 0 Å². The van der Waals surface area contributed by atoms with Gasteiger partial charge in [-0.15, -0.1) is 0 Å². The summed E-state index contributed by atoms with van der Waals surface area (Å²) in [5.74, 6) is 0. The van der Waals surface area contributed by atoms with E-state index in [4.69, 9.17) is 0 Å². The van der Waals surface area contributed by atoms with Gasteiger partial charge in [-0.3, -0.25) is 9.48 Å². The Hall–Kier alpha value is -1.63. The molecule has 2 aromatic heterocycles. The standard InChI is InChI=1S/C12H16BrN5O/c1-3-18-12(19)11(13)10(7-16-18)14-5-4-9-6-15-17(2)8-9/h6-8,14H,3-5H2,1-2H3. The van der Waals surface area contributed by atoms with E-state index in [2.05, 4.69) is 31.4 Å². The quantitative estimate of drug-likeness (QED) is 0.902. The summed E-state index contributed by atoms with van der Waals surface area (Å²) in [7, 11) is 1.89. The van der Waals surface area contributed by atoms with Crippen LogP contribution in [0, 0.1) is 0 Å². The average Bonchev–Trinajstić information content (AvgIpc) is 2.81. The molecular formula is C12H16BrN5O. The van der Waals surface area contributed by atoms with E-state index in [1.807, 2.05) is 26.4 Å². The third-order valence-electron chi connectivity index (χ3n) is 2.77. The molecule has 7 heteroatoms. The summed E-state index contributed by atoms with van der Waals surface area (Å²) in [6, 6.07) is 0. The molecule has 2 aromatic rings. The molecule has 19 heavy (non-hydrogen) atoms. The maximum Gasteiger partial charge on any atom is 0.283 e. The lowest BCUT2D eigenvalue weighted by atomic mass is 10.2. The number of anilines is 1. The van der Waals surface area contributed by atoms with Crippen molar-refractivity contribution in [3.8, 4) is 0 Å². The summed E-state index contributed by atoms with van der Waals surface area (Å²) in [6.45, 7) is 3.17. The SMILES string of the molecule is CCn1ncc(NCCc2cnn(C)c2)c(Br)c1=O. The average molecular weight is 326 g/mol. The minimum atomic E-state index is -0.117. The van der Waals surface area contributed by atoms with E-state index in [0.717, 1.165) is 24.2 Å². The number of aromatic nitrogens is 4. The molecule has 0 bridgehead atoms. The van der Waals surface area contributed by atoms with Gasteiger partial charge in [0.2, 0.25) is 0 Å². The van der Waals surface area contributed by atoms with Crippen molar-refractivity contribution < 1.29 is 0 Å². The van der Waals surface area contributed by atoms with E-state index in [1.165, 1.54) is 4.68 Å². The lowest BCUT2D eigenvalue weighted by molar-refractivity contribution is 0.613. The first-order valence-corrected chi connectivity index (χ1v) is 6.88. The predicted molar refractivity (Wildman–Crippen MR) is 77.3 cm³/mol. The highest BCUT2D eigenvalue weighted by molar-refractivity contribution is 9.10. The van der Waals surface area contributed by atoms with Crippen molar-refractivity contribution in [3.63, 3.8) is 0 Å². The second-order valence-electron chi connectivity index (χ2n) is 4.19. The summed E-state index contributed by atoms with van der Waals surface area (Å²) < 4.78 is 3.71. The molecule has 2 rings (SSSR count). The Morgan fingerprint density at radius 1 is 1.37 bits per heavy atom. The highest BCUT2D eigenvalue weighted by Crippen LogP contribution is 2.15. The highest BCUT2D eigenvalue weighted by atomic mass is 79.9. The van der Waals surface area contributed by atoms with Crippen molar-refractivity contribution in [2.75, 3.05) is 11.9 Å². The van der Waals surface area contributed by atoms with Crippen LogP contribution in [0.15, 0.2) is 27.9 Å². The summed E-state index contributed by atoms with van der Waals surface area (Å²) in [4.78, 5) is 11.9. The van der Waals surface area contributed by atoms with Gasteiger partial charge in [0.1, 0.15) is 4.47 Å². The first kappa shape index (κ1) is 13.8. The van der Waals surface area contributed by atoms with Crippen molar-refractivity contribution in [3.05, 3.63) is 39.0 Å². The van der Waals surface area contributed by atoms with Gasteiger partial charge in [0.25, 0.3) is 5.56 Å². The van der Waals surface area contributed by atoms with Crippen LogP contribution >= 0.6 is 15.9 Å². The number of nitrogens with zero attached hydrogens (tertiary/aromatic N) is 4. The number of aryl methyl sites for hydroxylation is 2. The van der Waals surface area contributed by atoms with Crippen LogP contribution in [0.1, 0.15) is 12.5 Å². The van der Waals surface area contributed by atoms with E-state index in [9.17, 15) is 4.79 Å². The van der Waals surface area contributed by atoms with E-state index in [0.29, 0.717) is 11.0 Å². The smallest absolute Gasteiger partial charge is 0.283 e. The molecule has 1 N–H and O–H groups in total. The fourth-order valence-corrected chi connectivity index (χ4v) is 2.20. The minimum Gasteiger partial charge on any atom is -0.382 e. The van der Waals surface area contributed by atoms with E-state index in [1.54, 1.807) is 10.9 Å². The van der Waals surface area contributed by atoms with Crippen LogP contribution in [-0.2, 0) is 20.0 Å². The van der Waals surface area contributed by atoms with E-state index in [-0.39, 0.29) is 5.56 Å². The Kier molecular flexibility index (Phi) is 4.36. The predicted octanol–water partition coefficient (Wildman–Crippen LogP) is 1.41. The molecule has 0 aliphatic rings. The van der Waals surface area contributed by atoms with Gasteiger partial charge >= 0.3 is 0 Å². The molecule has 0 radical (unpaired) electrons. The van der Waals surface area contributed by atoms with Crippen LogP contribution in [0.3, 0.4) is 0 Å². The monoisotopic (exact) mass is 325 g/mol. The fraction of sp³-hybridized carbons (Fsp3) is 0.417. The minimum absolute atomic E-state index is 0.117. The van der Waals surface area contributed by atoms with Crippen molar-refractivity contribution in [1.29, 1.82) is 0 Å². The number of nitrogens with one attached hydrogen (secondary N) is 1. The molecule has 0 atom stereocenters. The normalized spacial score (nSPS) is 10.7. The van der Waals surface area contributed by atoms with Crippen LogP contribution in [0.4, 0.5) is 5.69 Å². The molecule has 0 unspecified atom stereocenters. The first-order valence-electron chi connectivity index (χ1n) is 6.08. The van der Waals surface area contributed by atoms with Crippen LogP contribution in [-0.4, -0.2) is 26.1 Å². The molecular weight excluding hydrogens is 310 g/mol. The lowest BCUT2D eigenvalue weighted by Gasteiger charge is -2.08. The van der Waals surface area contributed by atoms with Crippen LogP contribution in [0.5, 0.6) is 0 Å². The van der Waals surface area contributed by atoms with Crippen molar-refractivity contribution >= 4 is 21.6 Å². The Balaban J connectivity index is 2.00. The topological polar surface area (TPSA) is 64.7 Å². The zero-order valence-corrected chi connectivity index (χ0v) is 12.5. The van der Waals surface area contributed by atoms with E-state index < -0.39 is 0 Å². The van der Waals surface area contributed by atoms with Gasteiger partial charge in [0.15, 0.2) is 0 Å². The molecule has 2 heterocycles. The van der Waals surface area contributed by atoms with Crippen molar-refractivity contribution in [1.82, 2.24) is 19.6 Å². The number of hydrogen-bond acceptors (Lipinski definition) is 4. The summed E-state index contributed by atoms with van der Waals surface area (Å²) in [5, 5.41) is 11.4. The van der Waals surface area contributed by atoms with Gasteiger partial charge in [-0.25, -0.2) is 4.68 Å². The maximum absolute atomic E-state index is 11.9. The van der Waals surface area contributed by atoms with Crippen molar-refractivity contribution in [2.45, 2.75) is 19.9 Å². The van der Waals surface area contributed by atoms with Gasteiger partial charge < -0.3 is 5.32 Å². The Morgan fingerprint density at radius 3 is 2.79 bits per heavy atom. The largest absolute Gasteiger partial charge is 0.382 e. The van der Waals surface area contributed by atoms with Gasteiger partial charge in [-0.05, 0) is 34.8 Å². The van der Waals surface area contributed by atoms with Crippen LogP contribution in [0.25, 0.3) is 0 Å². The maximum atomic E-state index is 11.9. The Bertz CT molecular complexity index is 619. The molecule has 0 aliphatic carbocycles. The first-order chi connectivity index (χ1) is 9.11. The second kappa shape index (κ2) is 6.01. The highest BCUT2D eigenvalue weighted by Gasteiger charge is 2.07. The zero-order valence-electron chi connectivity index (χ0n) is 10.9. The molecule has 0 fully saturated rings. The summed E-state index contributed by atoms with van der Waals surface area (Å²) in [6.07, 6.45) is 6.32. The number of hydrogen-bond donors (Lipinski definition) is 1. The molecule has 0 spiro atoms. The molecule has 0 saturated carbocycles. The molecule has 102 valence electrons. The van der Waals surface area contributed by atoms with Gasteiger partial charge in [-0.1, -0.05) is 0 Å². The third-order valence-corrected chi connectivity index (χ3v) is 3.54. The Labute approximate surface area is 119 Å². The summed E-state index contributed by atoms with van der Waals surface area (Å²) >= 11 is 3.31. The zero-order chi connectivity index (χ0) is 13.8. The van der Waals surface area contributed by atoms with Gasteiger partial charge in [0.05, 0.1) is 18.1 Å². The third kappa shape index (κ3) is 3.23. The number of halogens is 1. The number of rotatable bonds is 5. The van der Waals surface area contributed by atoms with Crippen molar-refractivity contribution in [2.24, 2.45) is 7.05 Å². The summed E-state index contributed by atoms with van der Waals surface area (Å²) in [5.41, 5.74) is 1.76. The molecule has 0 amide bonds. The van der Waals surface area contributed by atoms with Gasteiger partial charge in [-0.2, -0.15) is 10.2 Å². The second-order valence-corrected chi connectivity index (χ2v) is 4.99. The van der Waals surface area contributed by atoms with Gasteiger partial charge in [0, 0.05) is 26.3 Å². The fourth-order valence-electron chi connectivity index (χ4n) is 1.76.